The molecule has 5 rings (SSSR count). The predicted molar refractivity (Wildman–Crippen MR) is 146 cm³/mol. The standard InChI is InChI=1S/C33H34O2/c1-4-18-33(19-5-2)31-20-26(24-8-6-23(22-34)7-9-24)12-16-29(31)30-17-13-27(21-32(30)33)25-10-14-28(35-3)15-11-25/h6-17,20-21,34H,4-5,18-19,22H2,1-3H3. The second kappa shape index (κ2) is 9.71. The quantitative estimate of drug-likeness (QED) is 0.285. The van der Waals surface area contributed by atoms with Gasteiger partial charge in [0.15, 0.2) is 0 Å². The van der Waals surface area contributed by atoms with Crippen LogP contribution >= 0.6 is 0 Å². The molecule has 0 saturated heterocycles. The maximum atomic E-state index is 9.44. The molecule has 0 aliphatic heterocycles. The molecule has 2 heteroatoms. The molecule has 1 aliphatic rings. The fourth-order valence-corrected chi connectivity index (χ4v) is 5.96. The molecule has 0 unspecified atom stereocenters. The Labute approximate surface area is 209 Å². The van der Waals surface area contributed by atoms with E-state index in [0.717, 1.165) is 37.0 Å². The van der Waals surface area contributed by atoms with Crippen LogP contribution in [0, 0.1) is 0 Å². The first kappa shape index (κ1) is 23.4. The SMILES string of the molecule is CCCC1(CCC)c2cc(-c3ccc(CO)cc3)ccc2-c2ccc(-c3ccc(OC)cc3)cc21. The summed E-state index contributed by atoms with van der Waals surface area (Å²) in [7, 11) is 1.71. The van der Waals surface area contributed by atoms with Crippen LogP contribution < -0.4 is 4.74 Å². The van der Waals surface area contributed by atoms with Crippen LogP contribution in [0.1, 0.15) is 56.2 Å². The van der Waals surface area contributed by atoms with Crippen molar-refractivity contribution in [2.75, 3.05) is 7.11 Å². The van der Waals surface area contributed by atoms with Crippen LogP contribution in [0.5, 0.6) is 5.75 Å². The van der Waals surface area contributed by atoms with Crippen molar-refractivity contribution in [1.29, 1.82) is 0 Å². The fourth-order valence-electron chi connectivity index (χ4n) is 5.96. The molecule has 1 aliphatic carbocycles. The van der Waals surface area contributed by atoms with Gasteiger partial charge in [0.25, 0.3) is 0 Å². The molecule has 0 fully saturated rings. The van der Waals surface area contributed by atoms with Crippen molar-refractivity contribution < 1.29 is 9.84 Å². The van der Waals surface area contributed by atoms with Crippen molar-refractivity contribution in [3.05, 3.63) is 102 Å². The molecule has 0 spiro atoms. The molecule has 2 nitrogen and oxygen atoms in total. The Morgan fingerprint density at radius 3 is 1.51 bits per heavy atom. The van der Waals surface area contributed by atoms with Gasteiger partial charge in [-0.15, -0.1) is 0 Å². The number of hydrogen-bond donors (Lipinski definition) is 1. The lowest BCUT2D eigenvalue weighted by atomic mass is 9.71. The zero-order valence-electron chi connectivity index (χ0n) is 21.0. The third kappa shape index (κ3) is 4.06. The van der Waals surface area contributed by atoms with E-state index in [2.05, 4.69) is 74.5 Å². The molecule has 4 aromatic rings. The first-order valence-electron chi connectivity index (χ1n) is 12.8. The van der Waals surface area contributed by atoms with Gasteiger partial charge in [-0.25, -0.2) is 0 Å². The summed E-state index contributed by atoms with van der Waals surface area (Å²) in [6, 6.07) is 30.7. The molecule has 0 aromatic heterocycles. The van der Waals surface area contributed by atoms with Crippen molar-refractivity contribution in [1.82, 2.24) is 0 Å². The Bertz CT molecular complexity index is 1210. The smallest absolute Gasteiger partial charge is 0.118 e. The topological polar surface area (TPSA) is 29.5 Å². The zero-order chi connectivity index (χ0) is 24.4. The molecule has 1 N–H and O–H groups in total. The maximum absolute atomic E-state index is 9.44. The van der Waals surface area contributed by atoms with Crippen LogP contribution in [-0.4, -0.2) is 12.2 Å². The van der Waals surface area contributed by atoms with Gasteiger partial charge in [0.05, 0.1) is 13.7 Å². The summed E-state index contributed by atoms with van der Waals surface area (Å²) in [5.74, 6) is 0.883. The van der Waals surface area contributed by atoms with Crippen LogP contribution in [0.2, 0.25) is 0 Å². The summed E-state index contributed by atoms with van der Waals surface area (Å²) in [6.07, 6.45) is 4.56. The van der Waals surface area contributed by atoms with Gasteiger partial charge < -0.3 is 9.84 Å². The molecular formula is C33H34O2. The van der Waals surface area contributed by atoms with Crippen molar-refractivity contribution >= 4 is 0 Å². The van der Waals surface area contributed by atoms with E-state index in [9.17, 15) is 5.11 Å². The lowest BCUT2D eigenvalue weighted by Crippen LogP contribution is -2.25. The Hall–Kier alpha value is -3.36. The normalized spacial score (nSPS) is 13.4. The zero-order valence-corrected chi connectivity index (χ0v) is 21.0. The number of aliphatic hydroxyl groups excluding tert-OH is 1. The summed E-state index contributed by atoms with van der Waals surface area (Å²) < 4.78 is 5.37. The van der Waals surface area contributed by atoms with Crippen molar-refractivity contribution in [3.63, 3.8) is 0 Å². The highest BCUT2D eigenvalue weighted by molar-refractivity contribution is 5.86. The van der Waals surface area contributed by atoms with Crippen molar-refractivity contribution in [2.24, 2.45) is 0 Å². The largest absolute Gasteiger partial charge is 0.497 e. The molecule has 0 amide bonds. The average molecular weight is 463 g/mol. The Morgan fingerprint density at radius 1 is 0.629 bits per heavy atom. The molecule has 0 radical (unpaired) electrons. The lowest BCUT2D eigenvalue weighted by Gasteiger charge is -2.32. The second-order valence-electron chi connectivity index (χ2n) is 9.69. The van der Waals surface area contributed by atoms with E-state index in [1.807, 2.05) is 24.3 Å². The molecular weight excluding hydrogens is 428 g/mol. The average Bonchev–Trinajstić information content (AvgIpc) is 3.17. The first-order chi connectivity index (χ1) is 17.1. The molecule has 0 bridgehead atoms. The molecule has 0 saturated carbocycles. The molecule has 4 aromatic carbocycles. The minimum atomic E-state index is 0.0255. The van der Waals surface area contributed by atoms with Crippen LogP contribution in [0.4, 0.5) is 0 Å². The number of fused-ring (bicyclic) bond motifs is 3. The lowest BCUT2D eigenvalue weighted by molar-refractivity contribution is 0.282. The van der Waals surface area contributed by atoms with Gasteiger partial charge in [-0.1, -0.05) is 87.4 Å². The van der Waals surface area contributed by atoms with Crippen molar-refractivity contribution in [3.8, 4) is 39.1 Å². The molecule has 0 atom stereocenters. The summed E-state index contributed by atoms with van der Waals surface area (Å²) in [6.45, 7) is 4.69. The van der Waals surface area contributed by atoms with Crippen LogP contribution in [0.25, 0.3) is 33.4 Å². The number of aliphatic hydroxyl groups is 1. The summed E-state index contributed by atoms with van der Waals surface area (Å²) >= 11 is 0. The van der Waals surface area contributed by atoms with E-state index in [1.165, 1.54) is 44.5 Å². The van der Waals surface area contributed by atoms with Crippen LogP contribution in [-0.2, 0) is 12.0 Å². The number of ether oxygens (including phenoxy) is 1. The van der Waals surface area contributed by atoms with E-state index in [1.54, 1.807) is 7.11 Å². The third-order valence-electron chi connectivity index (χ3n) is 7.61. The first-order valence-corrected chi connectivity index (χ1v) is 12.8. The van der Waals surface area contributed by atoms with E-state index in [4.69, 9.17) is 4.74 Å². The maximum Gasteiger partial charge on any atom is 0.118 e. The summed E-state index contributed by atoms with van der Waals surface area (Å²) in [5.41, 5.74) is 11.6. The molecule has 0 heterocycles. The number of benzene rings is 4. The Balaban J connectivity index is 1.65. The van der Waals surface area contributed by atoms with Gasteiger partial charge in [0, 0.05) is 5.41 Å². The van der Waals surface area contributed by atoms with Gasteiger partial charge >= 0.3 is 0 Å². The van der Waals surface area contributed by atoms with Crippen LogP contribution in [0.15, 0.2) is 84.9 Å². The van der Waals surface area contributed by atoms with Gasteiger partial charge in [-0.3, -0.25) is 0 Å². The van der Waals surface area contributed by atoms with E-state index >= 15 is 0 Å². The highest BCUT2D eigenvalue weighted by Crippen LogP contribution is 2.55. The second-order valence-corrected chi connectivity index (χ2v) is 9.69. The monoisotopic (exact) mass is 462 g/mol. The van der Waals surface area contributed by atoms with Gasteiger partial charge in [0.2, 0.25) is 0 Å². The molecule has 178 valence electrons. The molecule has 35 heavy (non-hydrogen) atoms. The van der Waals surface area contributed by atoms with Crippen LogP contribution in [0.3, 0.4) is 0 Å². The van der Waals surface area contributed by atoms with E-state index in [-0.39, 0.29) is 12.0 Å². The Kier molecular flexibility index (Phi) is 6.49. The fraction of sp³-hybridized carbons (Fsp3) is 0.273. The number of rotatable bonds is 8. The number of hydrogen-bond acceptors (Lipinski definition) is 2. The summed E-state index contributed by atoms with van der Waals surface area (Å²) in [4.78, 5) is 0. The van der Waals surface area contributed by atoms with E-state index < -0.39 is 0 Å². The highest BCUT2D eigenvalue weighted by atomic mass is 16.5. The minimum Gasteiger partial charge on any atom is -0.497 e. The third-order valence-corrected chi connectivity index (χ3v) is 7.61. The summed E-state index contributed by atoms with van der Waals surface area (Å²) in [5, 5.41) is 9.44. The Morgan fingerprint density at radius 2 is 1.09 bits per heavy atom. The van der Waals surface area contributed by atoms with Gasteiger partial charge in [-0.05, 0) is 87.2 Å². The van der Waals surface area contributed by atoms with Gasteiger partial charge in [-0.2, -0.15) is 0 Å². The minimum absolute atomic E-state index is 0.0255. The van der Waals surface area contributed by atoms with E-state index in [0.29, 0.717) is 0 Å². The highest BCUT2D eigenvalue weighted by Gasteiger charge is 2.42. The van der Waals surface area contributed by atoms with Gasteiger partial charge in [0.1, 0.15) is 5.75 Å². The predicted octanol–water partition coefficient (Wildman–Crippen LogP) is 8.39. The van der Waals surface area contributed by atoms with Crippen molar-refractivity contribution in [2.45, 2.75) is 51.6 Å². The number of methoxy groups -OCH3 is 1.